The van der Waals surface area contributed by atoms with Gasteiger partial charge in [0.2, 0.25) is 5.88 Å². The highest BCUT2D eigenvalue weighted by Crippen LogP contribution is 2.17. The van der Waals surface area contributed by atoms with Crippen LogP contribution in [-0.2, 0) is 0 Å². The van der Waals surface area contributed by atoms with Crippen molar-refractivity contribution in [3.8, 4) is 11.9 Å². The third kappa shape index (κ3) is 2.60. The molecule has 0 aliphatic carbocycles. The summed E-state index contributed by atoms with van der Waals surface area (Å²) in [7, 11) is 0. The molecule has 1 heterocycles. The van der Waals surface area contributed by atoms with Crippen LogP contribution >= 0.6 is 11.6 Å². The van der Waals surface area contributed by atoms with Crippen LogP contribution in [0.4, 0.5) is 0 Å². The molecule has 0 atom stereocenters. The average Bonchev–Trinajstić information content (AvgIpc) is 2.07. The first-order valence-electron chi connectivity index (χ1n) is 3.87. The minimum Gasteiger partial charge on any atom is -0.475 e. The molecule has 4 heteroatoms. The van der Waals surface area contributed by atoms with Crippen LogP contribution in [0, 0.1) is 11.3 Å². The maximum atomic E-state index is 8.62. The number of halogens is 1. The van der Waals surface area contributed by atoms with Crippen LogP contribution in [0.5, 0.6) is 5.88 Å². The van der Waals surface area contributed by atoms with Crippen molar-refractivity contribution in [2.24, 2.45) is 0 Å². The van der Waals surface area contributed by atoms with Crippen LogP contribution in [0.15, 0.2) is 12.1 Å². The monoisotopic (exact) mass is 196 g/mol. The van der Waals surface area contributed by atoms with E-state index in [0.717, 1.165) is 0 Å². The molecular formula is C9H9ClN2O. The lowest BCUT2D eigenvalue weighted by atomic mass is 10.3. The first kappa shape index (κ1) is 9.82. The number of ether oxygens (including phenoxy) is 1. The maximum absolute atomic E-state index is 8.62. The lowest BCUT2D eigenvalue weighted by molar-refractivity contribution is 0.232. The molecule has 0 spiro atoms. The Hall–Kier alpha value is -1.27. The number of nitrogens with zero attached hydrogens (tertiary/aromatic N) is 2. The Bertz CT molecular complexity index is 344. The second-order valence-electron chi connectivity index (χ2n) is 2.76. The highest BCUT2D eigenvalue weighted by Gasteiger charge is 2.04. The van der Waals surface area contributed by atoms with Crippen LogP contribution in [0.2, 0.25) is 5.02 Å². The maximum Gasteiger partial charge on any atom is 0.214 e. The van der Waals surface area contributed by atoms with Crippen molar-refractivity contribution >= 4 is 11.6 Å². The summed E-state index contributed by atoms with van der Waals surface area (Å²) in [6.45, 7) is 3.78. The molecule has 0 unspecified atom stereocenters. The van der Waals surface area contributed by atoms with E-state index >= 15 is 0 Å². The standard InChI is InChI=1S/C9H9ClN2O/c1-6(2)13-9-4-3-7(10)8(5-11)12-9/h3-4,6H,1-2H3. The summed E-state index contributed by atoms with van der Waals surface area (Å²) in [6, 6.07) is 5.13. The predicted octanol–water partition coefficient (Wildman–Crippen LogP) is 2.39. The zero-order valence-corrected chi connectivity index (χ0v) is 8.17. The van der Waals surface area contributed by atoms with Crippen molar-refractivity contribution in [1.82, 2.24) is 4.98 Å². The fourth-order valence-electron chi connectivity index (χ4n) is 0.810. The Balaban J connectivity index is 2.95. The van der Waals surface area contributed by atoms with Crippen molar-refractivity contribution in [1.29, 1.82) is 5.26 Å². The number of aromatic nitrogens is 1. The van der Waals surface area contributed by atoms with Crippen molar-refractivity contribution in [3.63, 3.8) is 0 Å². The molecule has 3 nitrogen and oxygen atoms in total. The quantitative estimate of drug-likeness (QED) is 0.730. The molecule has 0 amide bonds. The van der Waals surface area contributed by atoms with Gasteiger partial charge in [-0.05, 0) is 19.9 Å². The molecule has 0 fully saturated rings. The zero-order chi connectivity index (χ0) is 9.84. The lowest BCUT2D eigenvalue weighted by Crippen LogP contribution is -2.07. The second-order valence-corrected chi connectivity index (χ2v) is 3.17. The average molecular weight is 197 g/mol. The summed E-state index contributed by atoms with van der Waals surface area (Å²) in [4.78, 5) is 3.92. The first-order valence-corrected chi connectivity index (χ1v) is 4.24. The van der Waals surface area contributed by atoms with E-state index < -0.39 is 0 Å². The molecule has 0 saturated heterocycles. The van der Waals surface area contributed by atoms with E-state index in [2.05, 4.69) is 4.98 Å². The molecule has 0 N–H and O–H groups in total. The SMILES string of the molecule is CC(C)Oc1ccc(Cl)c(C#N)n1. The van der Waals surface area contributed by atoms with Crippen LogP contribution in [0.1, 0.15) is 19.5 Å². The van der Waals surface area contributed by atoms with E-state index in [1.807, 2.05) is 19.9 Å². The minimum absolute atomic E-state index is 0.0419. The molecule has 68 valence electrons. The fourth-order valence-corrected chi connectivity index (χ4v) is 0.957. The predicted molar refractivity (Wildman–Crippen MR) is 49.7 cm³/mol. The number of rotatable bonds is 2. The van der Waals surface area contributed by atoms with Gasteiger partial charge in [0.15, 0.2) is 5.69 Å². The van der Waals surface area contributed by atoms with Crippen LogP contribution in [0.3, 0.4) is 0 Å². The highest BCUT2D eigenvalue weighted by atomic mass is 35.5. The largest absolute Gasteiger partial charge is 0.475 e. The summed E-state index contributed by atoms with van der Waals surface area (Å²) in [5.74, 6) is 0.427. The van der Waals surface area contributed by atoms with Gasteiger partial charge < -0.3 is 4.74 Å². The number of nitriles is 1. The summed E-state index contributed by atoms with van der Waals surface area (Å²) in [5, 5.41) is 8.97. The van der Waals surface area contributed by atoms with Crippen molar-refractivity contribution in [3.05, 3.63) is 22.8 Å². The third-order valence-corrected chi connectivity index (χ3v) is 1.59. The van der Waals surface area contributed by atoms with Gasteiger partial charge in [0.1, 0.15) is 6.07 Å². The van der Waals surface area contributed by atoms with Gasteiger partial charge in [-0.15, -0.1) is 0 Å². The fraction of sp³-hybridized carbons (Fsp3) is 0.333. The van der Waals surface area contributed by atoms with Crippen molar-refractivity contribution < 1.29 is 4.74 Å². The molecule has 0 aliphatic heterocycles. The van der Waals surface area contributed by atoms with Crippen LogP contribution in [-0.4, -0.2) is 11.1 Å². The minimum atomic E-state index is 0.0419. The smallest absolute Gasteiger partial charge is 0.214 e. The number of hydrogen-bond acceptors (Lipinski definition) is 3. The van der Waals surface area contributed by atoms with E-state index in [9.17, 15) is 0 Å². The molecule has 0 saturated carbocycles. The molecule has 0 bridgehead atoms. The molecule has 1 rings (SSSR count). The van der Waals surface area contributed by atoms with Crippen molar-refractivity contribution in [2.75, 3.05) is 0 Å². The topological polar surface area (TPSA) is 45.9 Å². The summed E-state index contributed by atoms with van der Waals surface area (Å²) in [6.07, 6.45) is 0.0419. The van der Waals surface area contributed by atoms with Gasteiger partial charge in [0, 0.05) is 6.07 Å². The molecular weight excluding hydrogens is 188 g/mol. The van der Waals surface area contributed by atoms with Gasteiger partial charge in [-0.1, -0.05) is 11.6 Å². The summed E-state index contributed by atoms with van der Waals surface area (Å²) < 4.78 is 5.29. The van der Waals surface area contributed by atoms with Crippen LogP contribution < -0.4 is 4.74 Å². The molecule has 0 aromatic carbocycles. The van der Waals surface area contributed by atoms with Crippen LogP contribution in [0.25, 0.3) is 0 Å². The van der Waals surface area contributed by atoms with Gasteiger partial charge in [0.05, 0.1) is 11.1 Å². The number of pyridine rings is 1. The van der Waals surface area contributed by atoms with Gasteiger partial charge in [0.25, 0.3) is 0 Å². The lowest BCUT2D eigenvalue weighted by Gasteiger charge is -2.08. The highest BCUT2D eigenvalue weighted by molar-refractivity contribution is 6.31. The Kier molecular flexibility index (Phi) is 3.10. The number of hydrogen-bond donors (Lipinski definition) is 0. The summed E-state index contributed by atoms with van der Waals surface area (Å²) in [5.41, 5.74) is 0.194. The van der Waals surface area contributed by atoms with E-state index in [1.54, 1.807) is 12.1 Å². The third-order valence-electron chi connectivity index (χ3n) is 1.28. The normalized spacial score (nSPS) is 9.77. The molecule has 1 aromatic heterocycles. The molecule has 0 aliphatic rings. The zero-order valence-electron chi connectivity index (χ0n) is 7.41. The second kappa shape index (κ2) is 4.11. The van der Waals surface area contributed by atoms with E-state index in [1.165, 1.54) is 0 Å². The van der Waals surface area contributed by atoms with Gasteiger partial charge in [-0.2, -0.15) is 5.26 Å². The van der Waals surface area contributed by atoms with Gasteiger partial charge >= 0.3 is 0 Å². The molecule has 13 heavy (non-hydrogen) atoms. The van der Waals surface area contributed by atoms with E-state index in [-0.39, 0.29) is 11.8 Å². The van der Waals surface area contributed by atoms with E-state index in [0.29, 0.717) is 10.9 Å². The Morgan fingerprint density at radius 3 is 2.77 bits per heavy atom. The Labute approximate surface area is 81.9 Å². The van der Waals surface area contributed by atoms with Gasteiger partial charge in [-0.25, -0.2) is 4.98 Å². The Morgan fingerprint density at radius 1 is 1.54 bits per heavy atom. The first-order chi connectivity index (χ1) is 6.13. The van der Waals surface area contributed by atoms with Crippen molar-refractivity contribution in [2.45, 2.75) is 20.0 Å². The Morgan fingerprint density at radius 2 is 2.23 bits per heavy atom. The molecule has 0 radical (unpaired) electrons. The summed E-state index contributed by atoms with van der Waals surface area (Å²) >= 11 is 5.69. The molecule has 1 aromatic rings. The van der Waals surface area contributed by atoms with E-state index in [4.69, 9.17) is 21.6 Å². The van der Waals surface area contributed by atoms with Gasteiger partial charge in [-0.3, -0.25) is 0 Å².